The highest BCUT2D eigenvalue weighted by atomic mass is 79.9. The lowest BCUT2D eigenvalue weighted by molar-refractivity contribution is 0.722. The van der Waals surface area contributed by atoms with Crippen molar-refractivity contribution < 1.29 is 0 Å². The van der Waals surface area contributed by atoms with E-state index in [1.807, 2.05) is 53.2 Å². The average Bonchev–Trinajstić information content (AvgIpc) is 2.97. The Kier molecular flexibility index (Phi) is 3.62. The number of aromatic nitrogens is 3. The molecule has 0 radical (unpaired) electrons. The molecule has 0 aliphatic carbocycles. The first kappa shape index (κ1) is 13.0. The summed E-state index contributed by atoms with van der Waals surface area (Å²) in [5.74, 6) is 0. The second kappa shape index (κ2) is 5.56. The van der Waals surface area contributed by atoms with E-state index in [-0.39, 0.29) is 6.04 Å². The van der Waals surface area contributed by atoms with Crippen LogP contribution in [0.3, 0.4) is 0 Å². The summed E-state index contributed by atoms with van der Waals surface area (Å²) in [5.41, 5.74) is 9.02. The van der Waals surface area contributed by atoms with Crippen molar-refractivity contribution >= 4 is 15.9 Å². The second-order valence-corrected chi connectivity index (χ2v) is 5.30. The number of hydrogen-bond donors (Lipinski definition) is 1. The molecule has 5 heteroatoms. The Hall–Kier alpha value is -1.98. The number of nitrogens with two attached hydrogens (primary N) is 1. The van der Waals surface area contributed by atoms with Gasteiger partial charge in [-0.3, -0.25) is 4.98 Å². The van der Waals surface area contributed by atoms with E-state index in [0.29, 0.717) is 0 Å². The van der Waals surface area contributed by atoms with Crippen molar-refractivity contribution in [2.45, 2.75) is 6.04 Å². The van der Waals surface area contributed by atoms with E-state index in [1.165, 1.54) is 0 Å². The smallest absolute Gasteiger partial charge is 0.0901 e. The van der Waals surface area contributed by atoms with E-state index >= 15 is 0 Å². The Bertz CT molecular complexity index is 691. The van der Waals surface area contributed by atoms with E-state index in [4.69, 9.17) is 5.73 Å². The van der Waals surface area contributed by atoms with Gasteiger partial charge in [-0.25, -0.2) is 4.68 Å². The maximum absolute atomic E-state index is 6.31. The molecule has 100 valence electrons. The van der Waals surface area contributed by atoms with E-state index in [9.17, 15) is 0 Å². The highest BCUT2D eigenvalue weighted by Crippen LogP contribution is 2.21. The first-order valence-electron chi connectivity index (χ1n) is 6.22. The van der Waals surface area contributed by atoms with E-state index in [0.717, 1.165) is 21.5 Å². The Labute approximate surface area is 125 Å². The normalized spacial score (nSPS) is 12.3. The molecule has 0 spiro atoms. The molecular formula is C15H13BrN4. The lowest BCUT2D eigenvalue weighted by Crippen LogP contribution is -2.17. The number of nitrogens with zero attached hydrogens (tertiary/aromatic N) is 3. The first-order chi connectivity index (χ1) is 9.75. The number of benzene rings is 1. The summed E-state index contributed by atoms with van der Waals surface area (Å²) >= 11 is 3.37. The minimum Gasteiger partial charge on any atom is -0.318 e. The first-order valence-corrected chi connectivity index (χ1v) is 7.01. The standard InChI is InChI=1S/C15H13BrN4/c16-11-6-7-13(18-10-11)15(17)14-8-9-19-20(14)12-4-2-1-3-5-12/h1-10,15H,17H2. The SMILES string of the molecule is NC(c1ccc(Br)cn1)c1ccnn1-c1ccccc1. The van der Waals surface area contributed by atoms with Crippen molar-refractivity contribution in [2.75, 3.05) is 0 Å². The minimum atomic E-state index is -0.314. The third-order valence-corrected chi connectivity index (χ3v) is 3.53. The van der Waals surface area contributed by atoms with Gasteiger partial charge in [0.2, 0.25) is 0 Å². The van der Waals surface area contributed by atoms with Crippen LogP contribution in [0.2, 0.25) is 0 Å². The third-order valence-electron chi connectivity index (χ3n) is 3.06. The quantitative estimate of drug-likeness (QED) is 0.803. The van der Waals surface area contributed by atoms with Gasteiger partial charge in [-0.2, -0.15) is 5.10 Å². The van der Waals surface area contributed by atoms with Gasteiger partial charge >= 0.3 is 0 Å². The summed E-state index contributed by atoms with van der Waals surface area (Å²) in [5, 5.41) is 4.35. The highest BCUT2D eigenvalue weighted by Gasteiger charge is 2.16. The molecule has 0 bridgehead atoms. The van der Waals surface area contributed by atoms with Gasteiger partial charge in [0.05, 0.1) is 23.1 Å². The monoisotopic (exact) mass is 328 g/mol. The topological polar surface area (TPSA) is 56.7 Å². The van der Waals surface area contributed by atoms with Crippen LogP contribution in [0.25, 0.3) is 5.69 Å². The van der Waals surface area contributed by atoms with Crippen LogP contribution in [-0.4, -0.2) is 14.8 Å². The lowest BCUT2D eigenvalue weighted by Gasteiger charge is -2.14. The van der Waals surface area contributed by atoms with Gasteiger partial charge in [0.15, 0.2) is 0 Å². The fourth-order valence-corrected chi connectivity index (χ4v) is 2.29. The van der Waals surface area contributed by atoms with E-state index in [2.05, 4.69) is 26.0 Å². The van der Waals surface area contributed by atoms with Crippen LogP contribution in [0.5, 0.6) is 0 Å². The fraction of sp³-hybridized carbons (Fsp3) is 0.0667. The van der Waals surface area contributed by atoms with Crippen LogP contribution in [0.15, 0.2) is 65.4 Å². The lowest BCUT2D eigenvalue weighted by atomic mass is 10.1. The molecule has 0 amide bonds. The summed E-state index contributed by atoms with van der Waals surface area (Å²) in [7, 11) is 0. The molecule has 3 aromatic rings. The van der Waals surface area contributed by atoms with Crippen LogP contribution in [0.4, 0.5) is 0 Å². The van der Waals surface area contributed by atoms with Crippen molar-refractivity contribution in [3.63, 3.8) is 0 Å². The van der Waals surface area contributed by atoms with Crippen LogP contribution in [-0.2, 0) is 0 Å². The average molecular weight is 329 g/mol. The molecule has 2 aromatic heterocycles. The fourth-order valence-electron chi connectivity index (χ4n) is 2.06. The third kappa shape index (κ3) is 2.50. The minimum absolute atomic E-state index is 0.314. The summed E-state index contributed by atoms with van der Waals surface area (Å²) in [6.45, 7) is 0. The Morgan fingerprint density at radius 1 is 1.05 bits per heavy atom. The van der Waals surface area contributed by atoms with Crippen LogP contribution in [0.1, 0.15) is 17.4 Å². The molecule has 1 atom stereocenters. The number of hydrogen-bond acceptors (Lipinski definition) is 3. The zero-order valence-electron chi connectivity index (χ0n) is 10.6. The van der Waals surface area contributed by atoms with Gasteiger partial charge in [0.25, 0.3) is 0 Å². The molecular weight excluding hydrogens is 316 g/mol. The molecule has 20 heavy (non-hydrogen) atoms. The van der Waals surface area contributed by atoms with Gasteiger partial charge in [-0.05, 0) is 46.3 Å². The number of pyridine rings is 1. The number of halogens is 1. The van der Waals surface area contributed by atoms with Gasteiger partial charge < -0.3 is 5.73 Å². The molecule has 0 saturated heterocycles. The predicted molar refractivity (Wildman–Crippen MR) is 81.5 cm³/mol. The van der Waals surface area contributed by atoms with Crippen molar-refractivity contribution in [3.8, 4) is 5.69 Å². The molecule has 0 aliphatic rings. The summed E-state index contributed by atoms with van der Waals surface area (Å²) in [6.07, 6.45) is 3.50. The van der Waals surface area contributed by atoms with E-state index in [1.54, 1.807) is 12.4 Å². The van der Waals surface area contributed by atoms with Gasteiger partial charge in [0, 0.05) is 16.9 Å². The molecule has 3 rings (SSSR count). The van der Waals surface area contributed by atoms with Crippen LogP contribution < -0.4 is 5.73 Å². The Morgan fingerprint density at radius 3 is 2.55 bits per heavy atom. The van der Waals surface area contributed by atoms with Crippen molar-refractivity contribution in [1.82, 2.24) is 14.8 Å². The van der Waals surface area contributed by atoms with Gasteiger partial charge in [-0.15, -0.1) is 0 Å². The van der Waals surface area contributed by atoms with Gasteiger partial charge in [-0.1, -0.05) is 18.2 Å². The molecule has 0 fully saturated rings. The van der Waals surface area contributed by atoms with Crippen molar-refractivity contribution in [2.24, 2.45) is 5.73 Å². The molecule has 1 unspecified atom stereocenters. The van der Waals surface area contributed by atoms with Crippen LogP contribution in [0, 0.1) is 0 Å². The molecule has 2 heterocycles. The largest absolute Gasteiger partial charge is 0.318 e. The maximum atomic E-state index is 6.31. The summed E-state index contributed by atoms with van der Waals surface area (Å²) in [4.78, 5) is 4.36. The zero-order chi connectivity index (χ0) is 13.9. The number of rotatable bonds is 3. The van der Waals surface area contributed by atoms with Gasteiger partial charge in [0.1, 0.15) is 0 Å². The number of para-hydroxylation sites is 1. The molecule has 1 aromatic carbocycles. The molecule has 0 aliphatic heterocycles. The molecule has 2 N–H and O–H groups in total. The molecule has 0 saturated carbocycles. The van der Waals surface area contributed by atoms with Crippen molar-refractivity contribution in [3.05, 3.63) is 76.8 Å². The Balaban J connectivity index is 1.99. The second-order valence-electron chi connectivity index (χ2n) is 4.38. The zero-order valence-corrected chi connectivity index (χ0v) is 12.2. The van der Waals surface area contributed by atoms with Crippen molar-refractivity contribution in [1.29, 1.82) is 0 Å². The van der Waals surface area contributed by atoms with Crippen LogP contribution >= 0.6 is 15.9 Å². The maximum Gasteiger partial charge on any atom is 0.0901 e. The Morgan fingerprint density at radius 2 is 1.85 bits per heavy atom. The highest BCUT2D eigenvalue weighted by molar-refractivity contribution is 9.10. The summed E-state index contributed by atoms with van der Waals surface area (Å²) < 4.78 is 2.78. The summed E-state index contributed by atoms with van der Waals surface area (Å²) in [6, 6.07) is 15.4. The predicted octanol–water partition coefficient (Wildman–Crippen LogP) is 3.08. The molecule has 4 nitrogen and oxygen atoms in total. The van der Waals surface area contributed by atoms with E-state index < -0.39 is 0 Å².